The Morgan fingerprint density at radius 1 is 1.06 bits per heavy atom. The minimum atomic E-state index is -3.62. The fourth-order valence-corrected chi connectivity index (χ4v) is 5.44. The Balaban J connectivity index is 1.64. The van der Waals surface area contributed by atoms with Crippen LogP contribution >= 0.6 is 0 Å². The number of para-hydroxylation sites is 1. The molecule has 10 nitrogen and oxygen atoms in total. The van der Waals surface area contributed by atoms with E-state index >= 15 is 0 Å². The molecular formula is C25H26N4O6S. The van der Waals surface area contributed by atoms with E-state index in [1.165, 1.54) is 28.6 Å². The van der Waals surface area contributed by atoms with Crippen molar-refractivity contribution in [1.29, 1.82) is 0 Å². The quantitative estimate of drug-likeness (QED) is 0.484. The zero-order chi connectivity index (χ0) is 25.9. The topological polar surface area (TPSA) is 128 Å². The number of carbonyl (C=O) groups is 2. The van der Waals surface area contributed by atoms with Gasteiger partial charge >= 0.3 is 5.97 Å². The van der Waals surface area contributed by atoms with Crippen LogP contribution < -0.4 is 10.9 Å². The van der Waals surface area contributed by atoms with Gasteiger partial charge in [-0.25, -0.2) is 13.2 Å². The Morgan fingerprint density at radius 2 is 1.72 bits per heavy atom. The molecule has 2 heterocycles. The Labute approximate surface area is 208 Å². The van der Waals surface area contributed by atoms with Crippen LogP contribution in [-0.4, -0.2) is 54.1 Å². The zero-order valence-electron chi connectivity index (χ0n) is 19.9. The third kappa shape index (κ3) is 5.07. The van der Waals surface area contributed by atoms with Gasteiger partial charge in [-0.3, -0.25) is 9.59 Å². The standard InChI is InChI=1S/C25H26N4O6S/c1-3-35-25(32)23-20(16-22(30)29(27-23)21-9-5-4-8-17(21)2)26-24(31)18-10-12-19(13-11-18)36(33,34)28-14-6-7-15-28/h4-5,8-13,16H,3,6-7,14-15H2,1-2H3,(H,26,31). The minimum absolute atomic E-state index is 0.0738. The first-order chi connectivity index (χ1) is 17.2. The van der Waals surface area contributed by atoms with Gasteiger partial charge in [0, 0.05) is 24.7 Å². The summed E-state index contributed by atoms with van der Waals surface area (Å²) in [4.78, 5) is 38.5. The van der Waals surface area contributed by atoms with Crippen molar-refractivity contribution in [2.24, 2.45) is 0 Å². The lowest BCUT2D eigenvalue weighted by Gasteiger charge is -2.16. The van der Waals surface area contributed by atoms with E-state index in [1.807, 2.05) is 6.07 Å². The Hall–Kier alpha value is -3.83. The summed E-state index contributed by atoms with van der Waals surface area (Å²) in [6.45, 7) is 4.46. The van der Waals surface area contributed by atoms with Gasteiger partial charge in [-0.1, -0.05) is 18.2 Å². The van der Waals surface area contributed by atoms with E-state index in [9.17, 15) is 22.8 Å². The number of aromatic nitrogens is 2. The molecule has 0 unspecified atom stereocenters. The highest BCUT2D eigenvalue weighted by molar-refractivity contribution is 7.89. The van der Waals surface area contributed by atoms with Crippen LogP contribution in [0.2, 0.25) is 0 Å². The van der Waals surface area contributed by atoms with E-state index in [0.29, 0.717) is 18.8 Å². The molecule has 36 heavy (non-hydrogen) atoms. The molecule has 0 aliphatic carbocycles. The predicted octanol–water partition coefficient (Wildman–Crippen LogP) is 2.75. The second-order valence-electron chi connectivity index (χ2n) is 8.25. The molecule has 4 rings (SSSR count). The Kier molecular flexibility index (Phi) is 7.32. The molecule has 1 aliphatic heterocycles. The molecular weight excluding hydrogens is 484 g/mol. The largest absolute Gasteiger partial charge is 0.461 e. The number of esters is 1. The normalized spacial score (nSPS) is 13.9. The third-order valence-corrected chi connectivity index (χ3v) is 7.72. The summed E-state index contributed by atoms with van der Waals surface area (Å²) in [7, 11) is -3.62. The van der Waals surface area contributed by atoms with Crippen LogP contribution in [0.5, 0.6) is 0 Å². The first-order valence-corrected chi connectivity index (χ1v) is 13.0. The lowest BCUT2D eigenvalue weighted by Crippen LogP contribution is -2.28. The van der Waals surface area contributed by atoms with E-state index in [-0.39, 0.29) is 28.4 Å². The Bertz CT molecular complexity index is 1460. The molecule has 11 heteroatoms. The molecule has 0 bridgehead atoms. The number of amides is 1. The van der Waals surface area contributed by atoms with Gasteiger partial charge in [0.15, 0.2) is 5.69 Å². The molecule has 188 valence electrons. The number of rotatable bonds is 7. The lowest BCUT2D eigenvalue weighted by atomic mass is 10.2. The van der Waals surface area contributed by atoms with E-state index < -0.39 is 27.5 Å². The third-order valence-electron chi connectivity index (χ3n) is 5.81. The SMILES string of the molecule is CCOC(=O)c1nn(-c2ccccc2C)c(=O)cc1NC(=O)c1ccc(S(=O)(=O)N2CCCC2)cc1. The van der Waals surface area contributed by atoms with Gasteiger partial charge in [0.2, 0.25) is 10.0 Å². The second kappa shape index (κ2) is 10.4. The average Bonchev–Trinajstić information content (AvgIpc) is 3.41. The molecule has 0 spiro atoms. The second-order valence-corrected chi connectivity index (χ2v) is 10.2. The molecule has 1 N–H and O–H groups in total. The molecule has 0 saturated carbocycles. The van der Waals surface area contributed by atoms with Crippen LogP contribution in [-0.2, 0) is 14.8 Å². The van der Waals surface area contributed by atoms with E-state index in [0.717, 1.165) is 29.2 Å². The van der Waals surface area contributed by atoms with Gasteiger partial charge in [0.25, 0.3) is 11.5 Å². The van der Waals surface area contributed by atoms with E-state index in [1.54, 1.807) is 32.0 Å². The van der Waals surface area contributed by atoms with Crippen LogP contribution in [0.4, 0.5) is 5.69 Å². The average molecular weight is 511 g/mol. The number of benzene rings is 2. The number of nitrogens with one attached hydrogen (secondary N) is 1. The van der Waals surface area contributed by atoms with Crippen molar-refractivity contribution in [3.8, 4) is 5.69 Å². The van der Waals surface area contributed by atoms with Gasteiger partial charge in [0.1, 0.15) is 0 Å². The lowest BCUT2D eigenvalue weighted by molar-refractivity contribution is 0.0518. The zero-order valence-corrected chi connectivity index (χ0v) is 20.7. The van der Waals surface area contributed by atoms with Crippen LogP contribution in [0.25, 0.3) is 5.69 Å². The summed E-state index contributed by atoms with van der Waals surface area (Å²) in [6, 6.07) is 13.6. The first-order valence-electron chi connectivity index (χ1n) is 11.5. The molecule has 0 radical (unpaired) electrons. The van der Waals surface area contributed by atoms with Crippen LogP contribution in [0.15, 0.2) is 64.3 Å². The van der Waals surface area contributed by atoms with Crippen LogP contribution in [0.1, 0.15) is 46.2 Å². The summed E-state index contributed by atoms with van der Waals surface area (Å²) in [5.74, 6) is -1.44. The number of aryl methyl sites for hydroxylation is 1. The molecule has 1 aromatic heterocycles. The van der Waals surface area contributed by atoms with Crippen LogP contribution in [0, 0.1) is 6.92 Å². The van der Waals surface area contributed by atoms with E-state index in [2.05, 4.69) is 10.4 Å². The molecule has 1 saturated heterocycles. The molecule has 0 atom stereocenters. The number of ether oxygens (including phenoxy) is 1. The highest BCUT2D eigenvalue weighted by atomic mass is 32.2. The number of anilines is 1. The smallest absolute Gasteiger partial charge is 0.360 e. The maximum Gasteiger partial charge on any atom is 0.360 e. The summed E-state index contributed by atoms with van der Waals surface area (Å²) < 4.78 is 33.0. The monoisotopic (exact) mass is 510 g/mol. The number of hydrogen-bond acceptors (Lipinski definition) is 7. The van der Waals surface area contributed by atoms with Gasteiger partial charge in [0.05, 0.1) is 22.9 Å². The number of carbonyl (C=O) groups excluding carboxylic acids is 2. The first kappa shape index (κ1) is 25.3. The fraction of sp³-hybridized carbons (Fsp3) is 0.280. The number of hydrogen-bond donors (Lipinski definition) is 1. The number of nitrogens with zero attached hydrogens (tertiary/aromatic N) is 3. The highest BCUT2D eigenvalue weighted by Gasteiger charge is 2.27. The maximum absolute atomic E-state index is 12.9. The van der Waals surface area contributed by atoms with E-state index in [4.69, 9.17) is 4.74 Å². The predicted molar refractivity (Wildman–Crippen MR) is 133 cm³/mol. The van der Waals surface area contributed by atoms with Crippen molar-refractivity contribution in [2.75, 3.05) is 25.0 Å². The minimum Gasteiger partial charge on any atom is -0.461 e. The summed E-state index contributed by atoms with van der Waals surface area (Å²) in [5.41, 5.74) is 0.500. The van der Waals surface area contributed by atoms with Crippen LogP contribution in [0.3, 0.4) is 0 Å². The summed E-state index contributed by atoms with van der Waals surface area (Å²) >= 11 is 0. The molecule has 1 amide bonds. The number of sulfonamides is 1. The van der Waals surface area contributed by atoms with Crippen molar-refractivity contribution in [1.82, 2.24) is 14.1 Å². The van der Waals surface area contributed by atoms with Crippen molar-refractivity contribution in [3.05, 3.63) is 81.8 Å². The van der Waals surface area contributed by atoms with Crippen molar-refractivity contribution < 1.29 is 22.7 Å². The Morgan fingerprint density at radius 3 is 2.36 bits per heavy atom. The molecule has 2 aromatic carbocycles. The summed E-state index contributed by atoms with van der Waals surface area (Å²) in [5, 5.41) is 6.73. The maximum atomic E-state index is 12.9. The molecule has 1 aliphatic rings. The van der Waals surface area contributed by atoms with Gasteiger partial charge in [-0.2, -0.15) is 14.1 Å². The summed E-state index contributed by atoms with van der Waals surface area (Å²) in [6.07, 6.45) is 1.64. The van der Waals surface area contributed by atoms with Gasteiger partial charge < -0.3 is 10.1 Å². The fourth-order valence-electron chi connectivity index (χ4n) is 3.93. The molecule has 1 fully saturated rings. The van der Waals surface area contributed by atoms with Crippen molar-refractivity contribution >= 4 is 27.6 Å². The van der Waals surface area contributed by atoms with Crippen molar-refractivity contribution in [2.45, 2.75) is 31.6 Å². The highest BCUT2D eigenvalue weighted by Crippen LogP contribution is 2.22. The van der Waals surface area contributed by atoms with Crippen molar-refractivity contribution in [3.63, 3.8) is 0 Å². The van der Waals surface area contributed by atoms with Gasteiger partial charge in [-0.15, -0.1) is 0 Å². The molecule has 3 aromatic rings. The van der Waals surface area contributed by atoms with Gasteiger partial charge in [-0.05, 0) is 62.6 Å².